The van der Waals surface area contributed by atoms with Crippen molar-refractivity contribution < 1.29 is 19.4 Å². The molecule has 2 unspecified atom stereocenters. The maximum absolute atomic E-state index is 11.4. The summed E-state index contributed by atoms with van der Waals surface area (Å²) in [7, 11) is 1.33. The van der Waals surface area contributed by atoms with E-state index < -0.39 is 5.97 Å². The Labute approximate surface area is 99.3 Å². The van der Waals surface area contributed by atoms with Gasteiger partial charge in [0, 0.05) is 0 Å². The number of methoxy groups -OCH3 is 1. The number of aliphatic hydroxyl groups excluding tert-OH is 1. The van der Waals surface area contributed by atoms with Gasteiger partial charge in [-0.1, -0.05) is 0 Å². The molecule has 0 saturated heterocycles. The fourth-order valence-electron chi connectivity index (χ4n) is 1.78. The molecule has 0 amide bonds. The highest BCUT2D eigenvalue weighted by atomic mass is 16.5. The van der Waals surface area contributed by atoms with Crippen LogP contribution in [-0.4, -0.2) is 36.9 Å². The summed E-state index contributed by atoms with van der Waals surface area (Å²) in [6, 6.07) is 5.08. The molecule has 0 saturated carbocycles. The lowest BCUT2D eigenvalue weighted by Crippen LogP contribution is -2.41. The molecule has 0 aromatic heterocycles. The molecule has 1 aromatic rings. The Morgan fingerprint density at radius 2 is 2.35 bits per heavy atom. The number of hydrogen-bond acceptors (Lipinski definition) is 5. The molecule has 2 rings (SSSR count). The van der Waals surface area contributed by atoms with Crippen LogP contribution in [0, 0.1) is 0 Å². The van der Waals surface area contributed by atoms with E-state index >= 15 is 0 Å². The van der Waals surface area contributed by atoms with Gasteiger partial charge in [0.25, 0.3) is 0 Å². The van der Waals surface area contributed by atoms with Crippen LogP contribution < -0.4 is 10.1 Å². The number of fused-ring (bicyclic) bond motifs is 1. The van der Waals surface area contributed by atoms with Gasteiger partial charge in [-0.15, -0.1) is 0 Å². The molecule has 2 atom stereocenters. The minimum absolute atomic E-state index is 0.0245. The van der Waals surface area contributed by atoms with E-state index in [0.717, 1.165) is 5.69 Å². The lowest BCUT2D eigenvalue weighted by Gasteiger charge is -2.32. The Morgan fingerprint density at radius 1 is 1.59 bits per heavy atom. The molecule has 1 aliphatic rings. The number of ether oxygens (including phenoxy) is 2. The van der Waals surface area contributed by atoms with Crippen LogP contribution in [0.5, 0.6) is 5.75 Å². The van der Waals surface area contributed by atoms with E-state index in [1.165, 1.54) is 7.11 Å². The molecular weight excluding hydrogens is 222 g/mol. The summed E-state index contributed by atoms with van der Waals surface area (Å²) in [5, 5.41) is 12.4. The van der Waals surface area contributed by atoms with Crippen molar-refractivity contribution in [2.45, 2.75) is 19.1 Å². The summed E-state index contributed by atoms with van der Waals surface area (Å²) >= 11 is 0. The van der Waals surface area contributed by atoms with Crippen LogP contribution in [-0.2, 0) is 4.74 Å². The zero-order valence-corrected chi connectivity index (χ0v) is 9.77. The predicted molar refractivity (Wildman–Crippen MR) is 62.4 cm³/mol. The lowest BCUT2D eigenvalue weighted by atomic mass is 10.1. The van der Waals surface area contributed by atoms with Crippen LogP contribution in [0.15, 0.2) is 18.2 Å². The third-order valence-electron chi connectivity index (χ3n) is 2.80. The molecular formula is C12H15NO4. The van der Waals surface area contributed by atoms with Gasteiger partial charge in [-0.2, -0.15) is 0 Å². The molecule has 0 bridgehead atoms. The maximum atomic E-state index is 11.4. The largest absolute Gasteiger partial charge is 0.484 e. The van der Waals surface area contributed by atoms with Gasteiger partial charge in [0.15, 0.2) is 0 Å². The van der Waals surface area contributed by atoms with Gasteiger partial charge >= 0.3 is 5.97 Å². The maximum Gasteiger partial charge on any atom is 0.337 e. The number of rotatable bonds is 2. The number of anilines is 1. The number of carbonyl (C=O) groups is 1. The van der Waals surface area contributed by atoms with E-state index in [1.807, 2.05) is 6.92 Å². The van der Waals surface area contributed by atoms with Crippen LogP contribution in [0.3, 0.4) is 0 Å². The summed E-state index contributed by atoms with van der Waals surface area (Å²) < 4.78 is 10.2. The Balaban J connectivity index is 2.30. The van der Waals surface area contributed by atoms with Gasteiger partial charge in [0.2, 0.25) is 0 Å². The van der Waals surface area contributed by atoms with E-state index in [2.05, 4.69) is 10.1 Å². The molecule has 5 nitrogen and oxygen atoms in total. The van der Waals surface area contributed by atoms with E-state index in [9.17, 15) is 4.79 Å². The summed E-state index contributed by atoms with van der Waals surface area (Å²) in [6.45, 7) is 1.86. The standard InChI is InChI=1S/C12H15NO4/c1-7-11(6-14)17-10-5-8(12(15)16-2)3-4-9(10)13-7/h3-5,7,11,13-14H,6H2,1-2H3. The van der Waals surface area contributed by atoms with Crippen LogP contribution in [0.2, 0.25) is 0 Å². The number of nitrogens with one attached hydrogen (secondary N) is 1. The molecule has 2 N–H and O–H groups in total. The first kappa shape index (κ1) is 11.7. The molecule has 0 fully saturated rings. The van der Waals surface area contributed by atoms with E-state index in [1.54, 1.807) is 18.2 Å². The quantitative estimate of drug-likeness (QED) is 0.752. The van der Waals surface area contributed by atoms with Crippen molar-refractivity contribution in [2.24, 2.45) is 0 Å². The van der Waals surface area contributed by atoms with Crippen molar-refractivity contribution in [1.29, 1.82) is 0 Å². The molecule has 0 radical (unpaired) electrons. The Morgan fingerprint density at radius 3 is 3.00 bits per heavy atom. The van der Waals surface area contributed by atoms with Crippen molar-refractivity contribution in [3.05, 3.63) is 23.8 Å². The highest BCUT2D eigenvalue weighted by Gasteiger charge is 2.26. The van der Waals surface area contributed by atoms with Gasteiger partial charge in [-0.05, 0) is 25.1 Å². The molecule has 1 heterocycles. The minimum atomic E-state index is -0.407. The van der Waals surface area contributed by atoms with Crippen LogP contribution in [0.1, 0.15) is 17.3 Å². The SMILES string of the molecule is COC(=O)c1ccc2c(c1)OC(CO)C(C)N2. The van der Waals surface area contributed by atoms with Crippen LogP contribution >= 0.6 is 0 Å². The first-order valence-corrected chi connectivity index (χ1v) is 5.42. The fraction of sp³-hybridized carbons (Fsp3) is 0.417. The van der Waals surface area contributed by atoms with Gasteiger partial charge in [-0.25, -0.2) is 4.79 Å². The van der Waals surface area contributed by atoms with Crippen molar-refractivity contribution in [3.8, 4) is 5.75 Å². The topological polar surface area (TPSA) is 67.8 Å². The molecule has 1 aliphatic heterocycles. The van der Waals surface area contributed by atoms with Crippen molar-refractivity contribution >= 4 is 11.7 Å². The monoisotopic (exact) mass is 237 g/mol. The van der Waals surface area contributed by atoms with Gasteiger partial charge in [0.1, 0.15) is 11.9 Å². The average Bonchev–Trinajstić information content (AvgIpc) is 2.36. The highest BCUT2D eigenvalue weighted by molar-refractivity contribution is 5.90. The molecule has 0 aliphatic carbocycles. The fourth-order valence-corrected chi connectivity index (χ4v) is 1.78. The number of esters is 1. The average molecular weight is 237 g/mol. The molecule has 17 heavy (non-hydrogen) atoms. The van der Waals surface area contributed by atoms with E-state index in [0.29, 0.717) is 11.3 Å². The predicted octanol–water partition coefficient (Wildman–Crippen LogP) is 1.03. The Bertz CT molecular complexity index is 433. The van der Waals surface area contributed by atoms with Crippen LogP contribution in [0.25, 0.3) is 0 Å². The van der Waals surface area contributed by atoms with Gasteiger partial charge < -0.3 is 19.9 Å². The van der Waals surface area contributed by atoms with Crippen molar-refractivity contribution in [3.63, 3.8) is 0 Å². The second-order valence-electron chi connectivity index (χ2n) is 3.97. The van der Waals surface area contributed by atoms with Crippen LogP contribution in [0.4, 0.5) is 5.69 Å². The van der Waals surface area contributed by atoms with E-state index in [4.69, 9.17) is 9.84 Å². The number of benzene rings is 1. The Hall–Kier alpha value is -1.75. The summed E-state index contributed by atoms with van der Waals surface area (Å²) in [5.41, 5.74) is 1.24. The Kier molecular flexibility index (Phi) is 3.19. The first-order chi connectivity index (χ1) is 8.15. The van der Waals surface area contributed by atoms with Gasteiger partial charge in [0.05, 0.1) is 31.0 Å². The molecule has 0 spiro atoms. The second-order valence-corrected chi connectivity index (χ2v) is 3.97. The normalized spacial score (nSPS) is 22.1. The summed E-state index contributed by atoms with van der Waals surface area (Å²) in [5.74, 6) is 0.153. The summed E-state index contributed by atoms with van der Waals surface area (Å²) in [4.78, 5) is 11.4. The smallest absolute Gasteiger partial charge is 0.337 e. The van der Waals surface area contributed by atoms with Crippen molar-refractivity contribution in [1.82, 2.24) is 0 Å². The second kappa shape index (κ2) is 4.63. The minimum Gasteiger partial charge on any atom is -0.484 e. The lowest BCUT2D eigenvalue weighted by molar-refractivity contribution is 0.0599. The first-order valence-electron chi connectivity index (χ1n) is 5.42. The molecule has 92 valence electrons. The summed E-state index contributed by atoms with van der Waals surface area (Å²) in [6.07, 6.45) is -0.310. The highest BCUT2D eigenvalue weighted by Crippen LogP contribution is 2.32. The zero-order valence-electron chi connectivity index (χ0n) is 9.77. The third-order valence-corrected chi connectivity index (χ3v) is 2.80. The molecule has 1 aromatic carbocycles. The molecule has 5 heteroatoms. The zero-order chi connectivity index (χ0) is 12.4. The van der Waals surface area contributed by atoms with Crippen molar-refractivity contribution in [2.75, 3.05) is 19.0 Å². The van der Waals surface area contributed by atoms with Gasteiger partial charge in [-0.3, -0.25) is 0 Å². The number of hydrogen-bond donors (Lipinski definition) is 2. The number of aliphatic hydroxyl groups is 1. The third kappa shape index (κ3) is 2.19. The van der Waals surface area contributed by atoms with E-state index in [-0.39, 0.29) is 18.8 Å². The number of carbonyl (C=O) groups excluding carboxylic acids is 1.